The van der Waals surface area contributed by atoms with Gasteiger partial charge in [-0.15, -0.1) is 0 Å². The van der Waals surface area contributed by atoms with Gasteiger partial charge in [0.05, 0.1) is 29.7 Å². The minimum Gasteiger partial charge on any atom is -0.494 e. The van der Waals surface area contributed by atoms with Crippen molar-refractivity contribution >= 4 is 22.9 Å². The lowest BCUT2D eigenvalue weighted by Crippen LogP contribution is -2.27. The second kappa shape index (κ2) is 17.0. The first-order chi connectivity index (χ1) is 18.2. The van der Waals surface area contributed by atoms with Crippen LogP contribution in [-0.2, 0) is 18.3 Å². The Bertz CT molecular complexity index is 1060. The molecule has 4 nitrogen and oxygen atoms in total. The number of hydrogen-bond acceptors (Lipinski definition) is 3. The van der Waals surface area contributed by atoms with Crippen LogP contribution in [0.25, 0.3) is 10.6 Å². The number of aromatic nitrogens is 1. The van der Waals surface area contributed by atoms with Crippen molar-refractivity contribution in [3.63, 3.8) is 0 Å². The minimum absolute atomic E-state index is 0.0234. The maximum atomic E-state index is 12.8. The van der Waals surface area contributed by atoms with E-state index in [1.54, 1.807) is 11.3 Å². The molecule has 0 bridgehead atoms. The molecule has 1 heterocycles. The van der Waals surface area contributed by atoms with Crippen LogP contribution in [0.15, 0.2) is 60.1 Å². The quantitative estimate of drug-likeness (QED) is 0.135. The molecule has 0 radical (unpaired) electrons. The van der Waals surface area contributed by atoms with Crippen molar-refractivity contribution in [2.24, 2.45) is 7.05 Å². The summed E-state index contributed by atoms with van der Waals surface area (Å²) in [6.45, 7) is 3.01. The van der Waals surface area contributed by atoms with Crippen LogP contribution in [0.4, 0.5) is 5.69 Å². The molecule has 1 amide bonds. The summed E-state index contributed by atoms with van der Waals surface area (Å²) in [5, 5.41) is 6.27. The van der Waals surface area contributed by atoms with Gasteiger partial charge in [0, 0.05) is 0 Å². The molecule has 0 fully saturated rings. The molecule has 0 aliphatic rings. The van der Waals surface area contributed by atoms with Crippen molar-refractivity contribution in [3.05, 3.63) is 65.7 Å². The van der Waals surface area contributed by atoms with Crippen molar-refractivity contribution < 1.29 is 14.1 Å². The number of amides is 1. The van der Waals surface area contributed by atoms with Gasteiger partial charge in [0.25, 0.3) is 5.01 Å². The summed E-state index contributed by atoms with van der Waals surface area (Å²) in [6, 6.07) is 15.9. The molecule has 0 atom stereocenters. The number of rotatable bonds is 18. The molecule has 0 saturated heterocycles. The molecule has 0 unspecified atom stereocenters. The van der Waals surface area contributed by atoms with E-state index in [4.69, 9.17) is 4.74 Å². The third-order valence-electron chi connectivity index (χ3n) is 6.75. The first-order valence-electron chi connectivity index (χ1n) is 14.2. The average Bonchev–Trinajstić information content (AvgIpc) is 3.33. The Morgan fingerprint density at radius 1 is 0.865 bits per heavy atom. The zero-order valence-electron chi connectivity index (χ0n) is 22.8. The number of anilines is 1. The van der Waals surface area contributed by atoms with Crippen LogP contribution < -0.4 is 14.6 Å². The van der Waals surface area contributed by atoms with Crippen molar-refractivity contribution in [2.45, 2.75) is 90.4 Å². The number of benzene rings is 2. The Labute approximate surface area is 228 Å². The van der Waals surface area contributed by atoms with Gasteiger partial charge >= 0.3 is 0 Å². The molecule has 3 rings (SSSR count). The maximum Gasteiger partial charge on any atom is 0.270 e. The number of hydrogen-bond donors (Lipinski definition) is 1. The number of para-hydroxylation sites is 1. The van der Waals surface area contributed by atoms with Crippen LogP contribution in [0, 0.1) is 0 Å². The van der Waals surface area contributed by atoms with Gasteiger partial charge in [-0.25, -0.2) is 0 Å². The van der Waals surface area contributed by atoms with Gasteiger partial charge in [-0.2, -0.15) is 4.57 Å². The van der Waals surface area contributed by atoms with Gasteiger partial charge in [0.1, 0.15) is 12.8 Å². The summed E-state index contributed by atoms with van der Waals surface area (Å²) in [7, 11) is 2.02. The number of thiazole rings is 1. The normalized spacial score (nSPS) is 11.0. The van der Waals surface area contributed by atoms with E-state index in [1.807, 2.05) is 61.8 Å². The number of aryl methyl sites for hydroxylation is 1. The summed E-state index contributed by atoms with van der Waals surface area (Å²) >= 11 is 1.66. The molecule has 0 aliphatic carbocycles. The third kappa shape index (κ3) is 10.7. The van der Waals surface area contributed by atoms with E-state index < -0.39 is 0 Å². The lowest BCUT2D eigenvalue weighted by Gasteiger charge is -2.10. The van der Waals surface area contributed by atoms with E-state index in [0.29, 0.717) is 6.42 Å². The second-order valence-corrected chi connectivity index (χ2v) is 10.9. The topological polar surface area (TPSA) is 42.2 Å². The fourth-order valence-corrected chi connectivity index (χ4v) is 5.53. The molecular formula is C32H45N2O2S+. The lowest BCUT2D eigenvalue weighted by molar-refractivity contribution is -0.655. The Balaban J connectivity index is 1.33. The van der Waals surface area contributed by atoms with Crippen LogP contribution in [0.1, 0.15) is 89.5 Å². The van der Waals surface area contributed by atoms with Crippen LogP contribution in [0.2, 0.25) is 0 Å². The van der Waals surface area contributed by atoms with Gasteiger partial charge in [-0.05, 0) is 36.2 Å². The van der Waals surface area contributed by atoms with E-state index in [2.05, 4.69) is 22.2 Å². The van der Waals surface area contributed by atoms with Crippen LogP contribution in [-0.4, -0.2) is 12.5 Å². The van der Waals surface area contributed by atoms with E-state index in [1.165, 1.54) is 70.6 Å². The van der Waals surface area contributed by atoms with E-state index in [-0.39, 0.29) is 5.91 Å². The van der Waals surface area contributed by atoms with Crippen molar-refractivity contribution in [3.8, 4) is 16.3 Å². The van der Waals surface area contributed by atoms with Crippen molar-refractivity contribution in [1.29, 1.82) is 0 Å². The largest absolute Gasteiger partial charge is 0.494 e. The molecular weight excluding hydrogens is 476 g/mol. The molecule has 3 aromatic rings. The number of nitrogens with zero attached hydrogens (tertiary/aromatic N) is 1. The number of nitrogens with one attached hydrogen (secondary N) is 1. The summed E-state index contributed by atoms with van der Waals surface area (Å²) in [5.41, 5.74) is 2.83. The smallest absolute Gasteiger partial charge is 0.270 e. The SMILES string of the molecule is CCCCCCCCCCCCCCOc1cccc(CC(=O)Nc2ccccc2-c2scc[n+]2C)c1. The third-order valence-corrected chi connectivity index (χ3v) is 7.73. The van der Waals surface area contributed by atoms with Gasteiger partial charge in [-0.3, -0.25) is 4.79 Å². The molecule has 37 heavy (non-hydrogen) atoms. The Morgan fingerprint density at radius 3 is 2.22 bits per heavy atom. The summed E-state index contributed by atoms with van der Waals surface area (Å²) in [5.74, 6) is 0.823. The predicted molar refractivity (Wildman–Crippen MR) is 156 cm³/mol. The van der Waals surface area contributed by atoms with E-state index in [0.717, 1.165) is 40.6 Å². The highest BCUT2D eigenvalue weighted by atomic mass is 32.1. The number of unbranched alkanes of at least 4 members (excludes halogenated alkanes) is 11. The van der Waals surface area contributed by atoms with Gasteiger partial charge < -0.3 is 10.1 Å². The first kappa shape index (κ1) is 28.9. The zero-order valence-corrected chi connectivity index (χ0v) is 23.7. The van der Waals surface area contributed by atoms with Crippen LogP contribution >= 0.6 is 11.3 Å². The number of ether oxygens (including phenoxy) is 1. The van der Waals surface area contributed by atoms with E-state index >= 15 is 0 Å². The second-order valence-electron chi connectivity index (χ2n) is 9.97. The van der Waals surface area contributed by atoms with E-state index in [9.17, 15) is 4.79 Å². The van der Waals surface area contributed by atoms with Crippen molar-refractivity contribution in [1.82, 2.24) is 0 Å². The highest BCUT2D eigenvalue weighted by Gasteiger charge is 2.17. The van der Waals surface area contributed by atoms with Gasteiger partial charge in [0.15, 0.2) is 6.20 Å². The molecule has 200 valence electrons. The summed E-state index contributed by atoms with van der Waals surface area (Å²) in [6.07, 6.45) is 18.4. The monoisotopic (exact) mass is 521 g/mol. The average molecular weight is 522 g/mol. The highest BCUT2D eigenvalue weighted by molar-refractivity contribution is 7.12. The molecule has 2 aromatic carbocycles. The van der Waals surface area contributed by atoms with Gasteiger partial charge in [-0.1, -0.05) is 113 Å². The van der Waals surface area contributed by atoms with Crippen LogP contribution in [0.5, 0.6) is 5.75 Å². The minimum atomic E-state index is -0.0234. The molecule has 1 aromatic heterocycles. The fraction of sp³-hybridized carbons (Fsp3) is 0.500. The zero-order chi connectivity index (χ0) is 26.1. The fourth-order valence-electron chi connectivity index (χ4n) is 4.63. The number of carbonyl (C=O) groups excluding carboxylic acids is 1. The van der Waals surface area contributed by atoms with Gasteiger partial charge in [0.2, 0.25) is 5.91 Å². The summed E-state index contributed by atoms with van der Waals surface area (Å²) < 4.78 is 8.06. The Morgan fingerprint density at radius 2 is 1.54 bits per heavy atom. The molecule has 0 saturated carbocycles. The molecule has 5 heteroatoms. The van der Waals surface area contributed by atoms with Crippen LogP contribution in [0.3, 0.4) is 0 Å². The maximum absolute atomic E-state index is 12.8. The standard InChI is InChI=1S/C32H44N2O2S/c1-3-4-5-6-7-8-9-10-11-12-13-16-23-36-28-19-17-18-27(25-28)26-31(35)33-30-21-15-14-20-29(30)32-34(2)22-24-37-32/h14-15,17-22,24-25H,3-13,16,23,26H2,1-2H3/p+1. The highest BCUT2D eigenvalue weighted by Crippen LogP contribution is 2.28. The molecule has 0 spiro atoms. The summed E-state index contributed by atoms with van der Waals surface area (Å²) in [4.78, 5) is 12.8. The Kier molecular flexibility index (Phi) is 13.3. The molecule has 0 aliphatic heterocycles. The predicted octanol–water partition coefficient (Wildman–Crippen LogP) is 8.50. The first-order valence-corrected chi connectivity index (χ1v) is 15.1. The lowest BCUT2D eigenvalue weighted by atomic mass is 10.1. The number of carbonyl (C=O) groups is 1. The Hall–Kier alpha value is -2.66. The molecule has 1 N–H and O–H groups in total. The van der Waals surface area contributed by atoms with Crippen molar-refractivity contribution in [2.75, 3.05) is 11.9 Å².